The van der Waals surface area contributed by atoms with Crippen molar-refractivity contribution < 1.29 is 4.79 Å². The molecule has 3 rings (SSSR count). The fraction of sp³-hybridized carbons (Fsp3) is 0.500. The number of carbonyl (C=O) groups is 1. The van der Waals surface area contributed by atoms with Crippen LogP contribution < -0.4 is 5.73 Å². The Morgan fingerprint density at radius 2 is 2.30 bits per heavy atom. The second-order valence-electron chi connectivity index (χ2n) is 5.40. The number of carbonyl (C=O) groups excluding carboxylic acids is 1. The molecular weight excluding hydrogens is 254 g/mol. The second kappa shape index (κ2) is 5.20. The number of nitrogens with zero attached hydrogens (tertiary/aromatic N) is 4. The highest BCUT2D eigenvalue weighted by Gasteiger charge is 2.28. The summed E-state index contributed by atoms with van der Waals surface area (Å²) in [4.78, 5) is 13.9. The summed E-state index contributed by atoms with van der Waals surface area (Å²) in [5.74, 6) is 1.18. The van der Waals surface area contributed by atoms with Crippen molar-refractivity contribution in [3.8, 4) is 0 Å². The number of hydrogen-bond donors (Lipinski definition) is 1. The summed E-state index contributed by atoms with van der Waals surface area (Å²) in [7, 11) is 0. The normalized spacial score (nSPS) is 21.1. The molecule has 0 radical (unpaired) electrons. The summed E-state index contributed by atoms with van der Waals surface area (Å²) in [5, 5.41) is 8.49. The van der Waals surface area contributed by atoms with Gasteiger partial charge >= 0.3 is 0 Å². The highest BCUT2D eigenvalue weighted by Crippen LogP contribution is 2.26. The van der Waals surface area contributed by atoms with Crippen LogP contribution in [0.15, 0.2) is 24.4 Å². The molecule has 0 aromatic carbocycles. The largest absolute Gasteiger partial charge is 0.341 e. The Morgan fingerprint density at radius 1 is 1.45 bits per heavy atom. The number of pyridine rings is 1. The molecule has 2 aromatic heterocycles. The summed E-state index contributed by atoms with van der Waals surface area (Å²) in [5.41, 5.74) is 6.54. The van der Waals surface area contributed by atoms with Crippen LogP contribution in [0.2, 0.25) is 0 Å². The molecule has 1 fully saturated rings. The van der Waals surface area contributed by atoms with Gasteiger partial charge in [0.05, 0.1) is 6.04 Å². The zero-order chi connectivity index (χ0) is 14.1. The molecule has 0 spiro atoms. The summed E-state index contributed by atoms with van der Waals surface area (Å²) in [6.45, 7) is 3.20. The maximum absolute atomic E-state index is 12.0. The van der Waals surface area contributed by atoms with Gasteiger partial charge in [0.25, 0.3) is 0 Å². The monoisotopic (exact) mass is 273 g/mol. The quantitative estimate of drug-likeness (QED) is 0.877. The average molecular weight is 273 g/mol. The maximum atomic E-state index is 12.0. The lowest BCUT2D eigenvalue weighted by molar-refractivity contribution is -0.133. The van der Waals surface area contributed by atoms with Crippen molar-refractivity contribution in [3.63, 3.8) is 0 Å². The summed E-state index contributed by atoms with van der Waals surface area (Å²) < 4.78 is 2.00. The van der Waals surface area contributed by atoms with E-state index in [-0.39, 0.29) is 11.8 Å². The van der Waals surface area contributed by atoms with Crippen LogP contribution in [0.1, 0.15) is 31.5 Å². The molecule has 2 N–H and O–H groups in total. The van der Waals surface area contributed by atoms with Crippen molar-refractivity contribution in [3.05, 3.63) is 30.2 Å². The lowest BCUT2D eigenvalue weighted by Crippen LogP contribution is -2.46. The van der Waals surface area contributed by atoms with E-state index >= 15 is 0 Å². The van der Waals surface area contributed by atoms with Gasteiger partial charge in [-0.3, -0.25) is 9.20 Å². The molecule has 6 heteroatoms. The molecule has 2 aromatic rings. The van der Waals surface area contributed by atoms with Gasteiger partial charge in [0, 0.05) is 25.2 Å². The molecule has 3 heterocycles. The van der Waals surface area contributed by atoms with Crippen molar-refractivity contribution >= 4 is 11.6 Å². The van der Waals surface area contributed by atoms with Gasteiger partial charge < -0.3 is 10.6 Å². The molecule has 2 atom stereocenters. The Kier molecular flexibility index (Phi) is 3.40. The molecule has 0 bridgehead atoms. The van der Waals surface area contributed by atoms with Crippen LogP contribution in [0.4, 0.5) is 0 Å². The maximum Gasteiger partial charge on any atom is 0.239 e. The van der Waals surface area contributed by atoms with Crippen molar-refractivity contribution in [1.29, 1.82) is 0 Å². The van der Waals surface area contributed by atoms with Crippen LogP contribution in [-0.4, -0.2) is 44.5 Å². The van der Waals surface area contributed by atoms with Gasteiger partial charge in [-0.1, -0.05) is 6.07 Å². The van der Waals surface area contributed by atoms with Gasteiger partial charge in [0.2, 0.25) is 5.91 Å². The fourth-order valence-corrected chi connectivity index (χ4v) is 2.81. The van der Waals surface area contributed by atoms with E-state index in [1.807, 2.05) is 33.7 Å². The fourth-order valence-electron chi connectivity index (χ4n) is 2.81. The highest BCUT2D eigenvalue weighted by molar-refractivity contribution is 5.81. The third-order valence-corrected chi connectivity index (χ3v) is 3.83. The molecule has 1 saturated heterocycles. The predicted molar refractivity (Wildman–Crippen MR) is 75.2 cm³/mol. The van der Waals surface area contributed by atoms with Crippen LogP contribution in [0.5, 0.6) is 0 Å². The second-order valence-corrected chi connectivity index (χ2v) is 5.40. The first kappa shape index (κ1) is 13.1. The SMILES string of the molecule is CC(N)C(=O)N1CCCC(c2nnc3ccccn23)C1. The van der Waals surface area contributed by atoms with Crippen molar-refractivity contribution in [1.82, 2.24) is 19.5 Å². The number of piperidine rings is 1. The molecule has 1 aliphatic heterocycles. The molecule has 1 amide bonds. The third kappa shape index (κ3) is 2.27. The Balaban J connectivity index is 1.85. The Hall–Kier alpha value is -1.95. The van der Waals surface area contributed by atoms with E-state index in [1.165, 1.54) is 0 Å². The van der Waals surface area contributed by atoms with Gasteiger partial charge in [0.1, 0.15) is 5.82 Å². The van der Waals surface area contributed by atoms with E-state index in [4.69, 9.17) is 5.73 Å². The Bertz CT molecular complexity index is 621. The van der Waals surface area contributed by atoms with Gasteiger partial charge in [-0.25, -0.2) is 0 Å². The average Bonchev–Trinajstić information content (AvgIpc) is 2.90. The van der Waals surface area contributed by atoms with Gasteiger partial charge in [0.15, 0.2) is 5.65 Å². The van der Waals surface area contributed by atoms with Gasteiger partial charge in [-0.15, -0.1) is 10.2 Å². The van der Waals surface area contributed by atoms with Crippen LogP contribution in [0.25, 0.3) is 5.65 Å². The minimum Gasteiger partial charge on any atom is -0.341 e. The first-order chi connectivity index (χ1) is 9.66. The molecule has 0 saturated carbocycles. The number of aromatic nitrogens is 3. The number of likely N-dealkylation sites (tertiary alicyclic amines) is 1. The smallest absolute Gasteiger partial charge is 0.239 e. The van der Waals surface area contributed by atoms with E-state index in [0.29, 0.717) is 6.54 Å². The molecule has 106 valence electrons. The van der Waals surface area contributed by atoms with Crippen LogP contribution >= 0.6 is 0 Å². The Morgan fingerprint density at radius 3 is 3.10 bits per heavy atom. The summed E-state index contributed by atoms with van der Waals surface area (Å²) in [6, 6.07) is 5.40. The molecule has 0 aliphatic carbocycles. The third-order valence-electron chi connectivity index (χ3n) is 3.83. The molecule has 2 unspecified atom stereocenters. The zero-order valence-electron chi connectivity index (χ0n) is 11.6. The van der Waals surface area contributed by atoms with E-state index in [2.05, 4.69) is 10.2 Å². The van der Waals surface area contributed by atoms with Crippen LogP contribution in [0.3, 0.4) is 0 Å². The predicted octanol–water partition coefficient (Wildman–Crippen LogP) is 0.782. The molecule has 20 heavy (non-hydrogen) atoms. The highest BCUT2D eigenvalue weighted by atomic mass is 16.2. The number of rotatable bonds is 2. The number of amides is 1. The van der Waals surface area contributed by atoms with Gasteiger partial charge in [-0.2, -0.15) is 0 Å². The van der Waals surface area contributed by atoms with Gasteiger partial charge in [-0.05, 0) is 31.9 Å². The first-order valence-corrected chi connectivity index (χ1v) is 7.01. The zero-order valence-corrected chi connectivity index (χ0v) is 11.6. The van der Waals surface area contributed by atoms with Crippen LogP contribution in [-0.2, 0) is 4.79 Å². The summed E-state index contributed by atoms with van der Waals surface area (Å²) >= 11 is 0. The molecule has 6 nitrogen and oxygen atoms in total. The Labute approximate surface area is 117 Å². The minimum absolute atomic E-state index is 0.0171. The lowest BCUT2D eigenvalue weighted by atomic mass is 9.96. The summed E-state index contributed by atoms with van der Waals surface area (Å²) in [6.07, 6.45) is 3.97. The topological polar surface area (TPSA) is 76.5 Å². The first-order valence-electron chi connectivity index (χ1n) is 7.01. The van der Waals surface area contributed by atoms with Crippen molar-refractivity contribution in [2.24, 2.45) is 5.73 Å². The van der Waals surface area contributed by atoms with E-state index in [0.717, 1.165) is 30.9 Å². The number of nitrogens with two attached hydrogens (primary N) is 1. The van der Waals surface area contributed by atoms with E-state index in [9.17, 15) is 4.79 Å². The van der Waals surface area contributed by atoms with Crippen molar-refractivity contribution in [2.75, 3.05) is 13.1 Å². The minimum atomic E-state index is -0.441. The van der Waals surface area contributed by atoms with E-state index < -0.39 is 6.04 Å². The number of hydrogen-bond acceptors (Lipinski definition) is 4. The lowest BCUT2D eigenvalue weighted by Gasteiger charge is -2.33. The standard InChI is InChI=1S/C14H19N5O/c1-10(15)14(20)18-7-4-5-11(9-18)13-17-16-12-6-2-3-8-19(12)13/h2-3,6,8,10-11H,4-5,7,9,15H2,1H3. The van der Waals surface area contributed by atoms with Crippen LogP contribution in [0, 0.1) is 0 Å². The van der Waals surface area contributed by atoms with E-state index in [1.54, 1.807) is 6.92 Å². The number of fused-ring (bicyclic) bond motifs is 1. The molecular formula is C14H19N5O. The van der Waals surface area contributed by atoms with Crippen molar-refractivity contribution in [2.45, 2.75) is 31.7 Å². The molecule has 1 aliphatic rings.